The van der Waals surface area contributed by atoms with Crippen LogP contribution in [0.15, 0.2) is 28.8 Å². The first kappa shape index (κ1) is 17.2. The van der Waals surface area contributed by atoms with Crippen LogP contribution in [0.5, 0.6) is 0 Å². The largest absolute Gasteiger partial charge is 0.339 e. The highest BCUT2D eigenvalue weighted by atomic mass is 16.5. The monoisotopic (exact) mass is 354 g/mol. The summed E-state index contributed by atoms with van der Waals surface area (Å²) in [4.78, 5) is 21.3. The summed E-state index contributed by atoms with van der Waals surface area (Å²) >= 11 is 0. The van der Waals surface area contributed by atoms with Crippen LogP contribution in [-0.4, -0.2) is 45.5 Å². The van der Waals surface area contributed by atoms with Crippen LogP contribution in [0.3, 0.4) is 0 Å². The average molecular weight is 354 g/mol. The van der Waals surface area contributed by atoms with E-state index in [1.807, 2.05) is 14.0 Å². The van der Waals surface area contributed by atoms with E-state index in [0.717, 1.165) is 38.2 Å². The van der Waals surface area contributed by atoms with Gasteiger partial charge in [-0.25, -0.2) is 0 Å². The molecule has 0 radical (unpaired) electrons. The van der Waals surface area contributed by atoms with Gasteiger partial charge in [-0.1, -0.05) is 35.8 Å². The van der Waals surface area contributed by atoms with Crippen molar-refractivity contribution in [3.8, 4) is 0 Å². The van der Waals surface area contributed by atoms with Gasteiger partial charge in [-0.05, 0) is 37.3 Å². The molecule has 6 heteroatoms. The van der Waals surface area contributed by atoms with E-state index in [9.17, 15) is 4.79 Å². The van der Waals surface area contributed by atoms with E-state index in [2.05, 4.69) is 39.3 Å². The number of carbonyl (C=O) groups is 1. The number of amides is 1. The fourth-order valence-electron chi connectivity index (χ4n) is 3.77. The Labute approximate surface area is 154 Å². The van der Waals surface area contributed by atoms with Crippen LogP contribution in [0.1, 0.15) is 54.9 Å². The fourth-order valence-corrected chi connectivity index (χ4v) is 3.77. The number of likely N-dealkylation sites (N-methyl/N-ethyl adjacent to an activating group) is 1. The number of carbonyl (C=O) groups excluding carboxylic acids is 1. The molecule has 2 aromatic rings. The maximum atomic E-state index is 12.9. The van der Waals surface area contributed by atoms with Gasteiger partial charge in [0.15, 0.2) is 5.82 Å². The maximum Gasteiger partial charge on any atom is 0.239 e. The van der Waals surface area contributed by atoms with Crippen molar-refractivity contribution in [2.75, 3.05) is 13.6 Å². The van der Waals surface area contributed by atoms with Gasteiger partial charge < -0.3 is 9.42 Å². The maximum absolute atomic E-state index is 12.9. The number of hydrogen-bond donors (Lipinski definition) is 0. The van der Waals surface area contributed by atoms with E-state index >= 15 is 0 Å². The van der Waals surface area contributed by atoms with Crippen molar-refractivity contribution in [1.82, 2.24) is 19.9 Å². The van der Waals surface area contributed by atoms with Crippen LogP contribution in [-0.2, 0) is 24.3 Å². The summed E-state index contributed by atoms with van der Waals surface area (Å²) in [5.74, 6) is 1.84. The highest BCUT2D eigenvalue weighted by Crippen LogP contribution is 2.35. The van der Waals surface area contributed by atoms with Crippen LogP contribution in [0.25, 0.3) is 0 Å². The van der Waals surface area contributed by atoms with Gasteiger partial charge in [-0.3, -0.25) is 9.69 Å². The van der Waals surface area contributed by atoms with E-state index in [-0.39, 0.29) is 11.9 Å². The first-order chi connectivity index (χ1) is 12.6. The van der Waals surface area contributed by atoms with Crippen LogP contribution in [0, 0.1) is 0 Å². The van der Waals surface area contributed by atoms with E-state index in [1.54, 1.807) is 4.90 Å². The average Bonchev–Trinajstić information content (AvgIpc) is 3.06. The predicted octanol–water partition coefficient (Wildman–Crippen LogP) is 2.74. The van der Waals surface area contributed by atoms with Gasteiger partial charge in [-0.15, -0.1) is 0 Å². The van der Waals surface area contributed by atoms with Crippen molar-refractivity contribution < 1.29 is 9.32 Å². The Hall–Kier alpha value is -2.21. The molecule has 1 aliphatic carbocycles. The SMILES string of the molecule is CC(C(=O)N(C)Cc1noc(C2CCC2)n1)N1CCc2ccccc2C1. The van der Waals surface area contributed by atoms with Crippen molar-refractivity contribution >= 4 is 5.91 Å². The van der Waals surface area contributed by atoms with Crippen LogP contribution in [0.2, 0.25) is 0 Å². The van der Waals surface area contributed by atoms with Crippen LogP contribution >= 0.6 is 0 Å². The molecule has 2 heterocycles. The minimum atomic E-state index is -0.161. The molecule has 138 valence electrons. The zero-order valence-electron chi connectivity index (χ0n) is 15.5. The van der Waals surface area contributed by atoms with Gasteiger partial charge in [0.1, 0.15) is 0 Å². The topological polar surface area (TPSA) is 62.5 Å². The third kappa shape index (κ3) is 3.38. The Morgan fingerprint density at radius 1 is 1.35 bits per heavy atom. The normalized spacial score (nSPS) is 18.8. The lowest BCUT2D eigenvalue weighted by molar-refractivity contribution is -0.136. The molecule has 1 saturated carbocycles. The molecule has 0 spiro atoms. The summed E-state index contributed by atoms with van der Waals surface area (Å²) < 4.78 is 5.36. The molecule has 1 amide bonds. The van der Waals surface area contributed by atoms with Gasteiger partial charge in [0.2, 0.25) is 11.8 Å². The summed E-state index contributed by atoms with van der Waals surface area (Å²) in [5.41, 5.74) is 2.72. The minimum Gasteiger partial charge on any atom is -0.339 e. The van der Waals surface area contributed by atoms with E-state index < -0.39 is 0 Å². The molecule has 1 unspecified atom stereocenters. The van der Waals surface area contributed by atoms with E-state index in [4.69, 9.17) is 4.52 Å². The lowest BCUT2D eigenvalue weighted by Crippen LogP contribution is -2.47. The first-order valence-corrected chi connectivity index (χ1v) is 9.50. The molecule has 6 nitrogen and oxygen atoms in total. The molecule has 1 aromatic carbocycles. The Morgan fingerprint density at radius 3 is 2.85 bits per heavy atom. The predicted molar refractivity (Wildman–Crippen MR) is 97.4 cm³/mol. The Bertz CT molecular complexity index is 784. The van der Waals surface area contributed by atoms with Crippen molar-refractivity contribution in [3.63, 3.8) is 0 Å². The van der Waals surface area contributed by atoms with Gasteiger partial charge >= 0.3 is 0 Å². The number of aromatic nitrogens is 2. The second kappa shape index (κ2) is 7.19. The minimum absolute atomic E-state index is 0.0966. The highest BCUT2D eigenvalue weighted by molar-refractivity contribution is 5.81. The highest BCUT2D eigenvalue weighted by Gasteiger charge is 2.29. The third-order valence-corrected chi connectivity index (χ3v) is 5.76. The molecule has 26 heavy (non-hydrogen) atoms. The summed E-state index contributed by atoms with van der Waals surface area (Å²) in [5, 5.41) is 4.05. The van der Waals surface area contributed by atoms with Crippen molar-refractivity contribution in [3.05, 3.63) is 47.1 Å². The second-order valence-electron chi connectivity index (χ2n) is 7.54. The standard InChI is InChI=1S/C20H26N4O2/c1-14(24-11-10-15-6-3-4-7-17(15)12-24)20(25)23(2)13-18-21-19(26-22-18)16-8-5-9-16/h3-4,6-7,14,16H,5,8-13H2,1-2H3. The molecule has 0 bridgehead atoms. The summed E-state index contributed by atoms with van der Waals surface area (Å²) in [7, 11) is 1.82. The number of benzene rings is 1. The summed E-state index contributed by atoms with van der Waals surface area (Å²) in [6.07, 6.45) is 4.48. The fraction of sp³-hybridized carbons (Fsp3) is 0.550. The van der Waals surface area contributed by atoms with Gasteiger partial charge in [0.05, 0.1) is 12.6 Å². The van der Waals surface area contributed by atoms with Gasteiger partial charge in [0, 0.05) is 26.1 Å². The number of fused-ring (bicyclic) bond motifs is 1. The van der Waals surface area contributed by atoms with Gasteiger partial charge in [0.25, 0.3) is 0 Å². The first-order valence-electron chi connectivity index (χ1n) is 9.50. The van der Waals surface area contributed by atoms with E-state index in [0.29, 0.717) is 18.3 Å². The number of nitrogens with zero attached hydrogens (tertiary/aromatic N) is 4. The second-order valence-corrected chi connectivity index (χ2v) is 7.54. The zero-order chi connectivity index (χ0) is 18.1. The molecule has 4 rings (SSSR count). The van der Waals surface area contributed by atoms with E-state index in [1.165, 1.54) is 17.5 Å². The lowest BCUT2D eigenvalue weighted by Gasteiger charge is -2.34. The third-order valence-electron chi connectivity index (χ3n) is 5.76. The Morgan fingerprint density at radius 2 is 2.12 bits per heavy atom. The molecule has 0 saturated heterocycles. The molecule has 1 fully saturated rings. The number of hydrogen-bond acceptors (Lipinski definition) is 5. The molecular formula is C20H26N4O2. The van der Waals surface area contributed by atoms with Crippen molar-refractivity contribution in [2.45, 2.75) is 57.7 Å². The smallest absolute Gasteiger partial charge is 0.239 e. The van der Waals surface area contributed by atoms with Crippen molar-refractivity contribution in [2.24, 2.45) is 0 Å². The molecular weight excluding hydrogens is 328 g/mol. The van der Waals surface area contributed by atoms with Crippen molar-refractivity contribution in [1.29, 1.82) is 0 Å². The van der Waals surface area contributed by atoms with Crippen LogP contribution < -0.4 is 0 Å². The van der Waals surface area contributed by atoms with Gasteiger partial charge in [-0.2, -0.15) is 4.98 Å². The number of rotatable bonds is 5. The quantitative estimate of drug-likeness (QED) is 0.826. The Balaban J connectivity index is 1.36. The molecule has 1 aromatic heterocycles. The molecule has 0 N–H and O–H groups in total. The summed E-state index contributed by atoms with van der Waals surface area (Å²) in [6, 6.07) is 8.33. The molecule has 1 aliphatic heterocycles. The molecule has 2 aliphatic rings. The lowest BCUT2D eigenvalue weighted by atomic mass is 9.85. The zero-order valence-corrected chi connectivity index (χ0v) is 15.5. The van der Waals surface area contributed by atoms with Crippen LogP contribution in [0.4, 0.5) is 0 Å². The molecule has 1 atom stereocenters. The Kier molecular flexibility index (Phi) is 4.76. The summed E-state index contributed by atoms with van der Waals surface area (Å²) in [6.45, 7) is 4.11.